The van der Waals surface area contributed by atoms with Crippen LogP contribution >= 0.6 is 11.6 Å². The summed E-state index contributed by atoms with van der Waals surface area (Å²) < 4.78 is 5.42. The fourth-order valence-corrected chi connectivity index (χ4v) is 3.32. The van der Waals surface area contributed by atoms with Crippen molar-refractivity contribution in [3.63, 3.8) is 0 Å². The summed E-state index contributed by atoms with van der Waals surface area (Å²) in [4.78, 5) is 40.5. The number of nitrogens with one attached hydrogen (secondary N) is 2. The number of ether oxygens (including phenoxy) is 1. The first kappa shape index (κ1) is 22.6. The molecule has 0 aliphatic heterocycles. The molecule has 0 fully saturated rings. The number of benzene rings is 2. The lowest BCUT2D eigenvalue weighted by Gasteiger charge is -2.19. The third kappa shape index (κ3) is 6.18. The van der Waals surface area contributed by atoms with Crippen LogP contribution in [0.1, 0.15) is 36.2 Å². The van der Waals surface area contributed by atoms with E-state index in [1.54, 1.807) is 30.3 Å². The number of halogens is 1. The molecule has 6 nitrogen and oxygen atoms in total. The average Bonchev–Trinajstić information content (AvgIpc) is 2.73. The molecule has 0 aliphatic carbocycles. The molecule has 1 heterocycles. The Bertz CT molecular complexity index is 1120. The van der Waals surface area contributed by atoms with Crippen LogP contribution in [-0.2, 0) is 16.0 Å². The number of fused-ring (bicyclic) bond motifs is 1. The predicted molar refractivity (Wildman–Crippen MR) is 121 cm³/mol. The Morgan fingerprint density at radius 2 is 1.81 bits per heavy atom. The number of hydrogen-bond acceptors (Lipinski definition) is 4. The molecule has 3 aromatic rings. The molecule has 0 saturated heterocycles. The Hall–Kier alpha value is -3.12. The van der Waals surface area contributed by atoms with Crippen molar-refractivity contribution in [2.75, 3.05) is 6.61 Å². The lowest BCUT2D eigenvalue weighted by molar-refractivity contribution is -0.146. The molecule has 162 valence electrons. The number of aromatic amines is 1. The van der Waals surface area contributed by atoms with Crippen LogP contribution in [0, 0.1) is 5.92 Å². The lowest BCUT2D eigenvalue weighted by atomic mass is 10.0. The second-order valence-electron chi connectivity index (χ2n) is 7.79. The Morgan fingerprint density at radius 3 is 2.52 bits per heavy atom. The van der Waals surface area contributed by atoms with Crippen molar-refractivity contribution in [1.82, 2.24) is 10.3 Å². The summed E-state index contributed by atoms with van der Waals surface area (Å²) in [6.45, 7) is 4.34. The first-order valence-electron chi connectivity index (χ1n) is 10.2. The summed E-state index contributed by atoms with van der Waals surface area (Å²) in [7, 11) is 0. The smallest absolute Gasteiger partial charge is 0.328 e. The van der Waals surface area contributed by atoms with Crippen molar-refractivity contribution in [2.24, 2.45) is 5.92 Å². The van der Waals surface area contributed by atoms with Gasteiger partial charge in [0.15, 0.2) is 0 Å². The molecule has 0 bridgehead atoms. The largest absolute Gasteiger partial charge is 0.464 e. The number of H-pyrrole nitrogens is 1. The van der Waals surface area contributed by atoms with Gasteiger partial charge < -0.3 is 15.0 Å². The van der Waals surface area contributed by atoms with Crippen LogP contribution < -0.4 is 10.9 Å². The predicted octanol–water partition coefficient (Wildman–Crippen LogP) is 4.11. The summed E-state index contributed by atoms with van der Waals surface area (Å²) in [6, 6.07) is 14.2. The van der Waals surface area contributed by atoms with Crippen molar-refractivity contribution in [1.29, 1.82) is 0 Å². The van der Waals surface area contributed by atoms with Crippen molar-refractivity contribution in [3.05, 3.63) is 81.1 Å². The molecule has 0 radical (unpaired) electrons. The van der Waals surface area contributed by atoms with Gasteiger partial charge in [0.1, 0.15) is 6.04 Å². The maximum absolute atomic E-state index is 12.8. The topological polar surface area (TPSA) is 88.3 Å². The van der Waals surface area contributed by atoms with E-state index in [1.807, 2.05) is 32.0 Å². The summed E-state index contributed by atoms with van der Waals surface area (Å²) in [5.41, 5.74) is 1.42. The van der Waals surface area contributed by atoms with Crippen LogP contribution in [0.4, 0.5) is 0 Å². The first-order valence-corrected chi connectivity index (χ1v) is 10.6. The zero-order valence-electron chi connectivity index (χ0n) is 17.5. The van der Waals surface area contributed by atoms with E-state index < -0.39 is 17.9 Å². The number of carbonyl (C=O) groups excluding carboxylic acids is 2. The van der Waals surface area contributed by atoms with Gasteiger partial charge in [-0.05, 0) is 48.2 Å². The van der Waals surface area contributed by atoms with Gasteiger partial charge in [-0.2, -0.15) is 0 Å². The van der Waals surface area contributed by atoms with Gasteiger partial charge in [0.05, 0.1) is 6.61 Å². The zero-order valence-corrected chi connectivity index (χ0v) is 18.2. The lowest BCUT2D eigenvalue weighted by Crippen LogP contribution is -2.43. The number of pyridine rings is 1. The number of para-hydroxylation sites is 1. The summed E-state index contributed by atoms with van der Waals surface area (Å²) in [5, 5.41) is 4.07. The molecule has 2 aromatic carbocycles. The van der Waals surface area contributed by atoms with Gasteiger partial charge in [0.2, 0.25) is 5.56 Å². The number of aromatic nitrogens is 1. The normalized spacial score (nSPS) is 12.0. The van der Waals surface area contributed by atoms with Crippen LogP contribution in [0.3, 0.4) is 0 Å². The second kappa shape index (κ2) is 10.3. The third-order valence-corrected chi connectivity index (χ3v) is 5.15. The Labute approximate surface area is 185 Å². The molecule has 2 N–H and O–H groups in total. The van der Waals surface area contributed by atoms with E-state index in [4.69, 9.17) is 16.3 Å². The molecule has 1 aromatic heterocycles. The van der Waals surface area contributed by atoms with E-state index in [0.717, 1.165) is 11.8 Å². The summed E-state index contributed by atoms with van der Waals surface area (Å²) in [6.07, 6.45) is 0.849. The number of carbonyl (C=O) groups is 2. The highest BCUT2D eigenvalue weighted by atomic mass is 35.5. The van der Waals surface area contributed by atoms with Gasteiger partial charge in [-0.15, -0.1) is 0 Å². The van der Waals surface area contributed by atoms with Crippen molar-refractivity contribution in [3.8, 4) is 0 Å². The van der Waals surface area contributed by atoms with Crippen molar-refractivity contribution < 1.29 is 14.3 Å². The van der Waals surface area contributed by atoms with Crippen molar-refractivity contribution >= 4 is 34.4 Å². The fourth-order valence-electron chi connectivity index (χ4n) is 3.20. The maximum Gasteiger partial charge on any atom is 0.328 e. The highest BCUT2D eigenvalue weighted by Gasteiger charge is 2.24. The van der Waals surface area contributed by atoms with Gasteiger partial charge in [-0.1, -0.05) is 43.6 Å². The Morgan fingerprint density at radius 1 is 1.10 bits per heavy atom. The van der Waals surface area contributed by atoms with Crippen molar-refractivity contribution in [2.45, 2.75) is 32.7 Å². The Balaban J connectivity index is 1.86. The Kier molecular flexibility index (Phi) is 7.47. The van der Waals surface area contributed by atoms with Crippen LogP contribution in [0.2, 0.25) is 5.02 Å². The van der Waals surface area contributed by atoms with E-state index in [2.05, 4.69) is 10.3 Å². The van der Waals surface area contributed by atoms with Gasteiger partial charge in [-0.25, -0.2) is 4.79 Å². The van der Waals surface area contributed by atoms with E-state index in [-0.39, 0.29) is 18.6 Å². The van der Waals surface area contributed by atoms with Gasteiger partial charge in [0.25, 0.3) is 5.91 Å². The van der Waals surface area contributed by atoms with Crippen LogP contribution in [0.15, 0.2) is 59.4 Å². The summed E-state index contributed by atoms with van der Waals surface area (Å²) >= 11 is 5.89. The third-order valence-electron chi connectivity index (χ3n) is 4.90. The van der Waals surface area contributed by atoms with E-state index in [9.17, 15) is 14.4 Å². The van der Waals surface area contributed by atoms with Gasteiger partial charge >= 0.3 is 5.97 Å². The zero-order chi connectivity index (χ0) is 22.4. The number of amides is 1. The molecule has 31 heavy (non-hydrogen) atoms. The second-order valence-corrected chi connectivity index (χ2v) is 8.23. The maximum atomic E-state index is 12.8. The van der Waals surface area contributed by atoms with Crippen LogP contribution in [-0.4, -0.2) is 29.5 Å². The minimum absolute atomic E-state index is 0.129. The highest BCUT2D eigenvalue weighted by Crippen LogP contribution is 2.17. The molecule has 0 aliphatic rings. The molecule has 1 unspecified atom stereocenters. The van der Waals surface area contributed by atoms with Crippen LogP contribution in [0.25, 0.3) is 10.9 Å². The minimum Gasteiger partial charge on any atom is -0.464 e. The molecule has 3 rings (SSSR count). The molecule has 7 heteroatoms. The highest BCUT2D eigenvalue weighted by molar-refractivity contribution is 6.30. The minimum atomic E-state index is -0.944. The molecule has 1 amide bonds. The SMILES string of the molecule is CC(C)CCOC(=O)C(Cc1cc(=O)[nH]c2ccccc12)NC(=O)c1ccc(Cl)cc1. The number of hydrogen-bond donors (Lipinski definition) is 2. The molecular weight excluding hydrogens is 416 g/mol. The number of esters is 1. The molecule has 1 atom stereocenters. The fraction of sp³-hybridized carbons (Fsp3) is 0.292. The van der Waals surface area contributed by atoms with E-state index >= 15 is 0 Å². The summed E-state index contributed by atoms with van der Waals surface area (Å²) in [5.74, 6) is -0.574. The average molecular weight is 441 g/mol. The number of rotatable bonds is 8. The quantitative estimate of drug-likeness (QED) is 0.516. The van der Waals surface area contributed by atoms with Gasteiger partial charge in [0, 0.05) is 34.0 Å². The molecular formula is C24H25ClN2O4. The molecule has 0 saturated carbocycles. The van der Waals surface area contributed by atoms with Gasteiger partial charge in [-0.3, -0.25) is 9.59 Å². The first-order chi connectivity index (χ1) is 14.8. The van der Waals surface area contributed by atoms with Crippen LogP contribution in [0.5, 0.6) is 0 Å². The molecule has 0 spiro atoms. The standard InChI is InChI=1S/C24H25ClN2O4/c1-15(2)11-12-31-24(30)21(27-23(29)16-7-9-18(25)10-8-16)13-17-14-22(28)26-20-6-4-3-5-19(17)20/h3-10,14-15,21H,11-13H2,1-2H3,(H,26,28)(H,27,29). The van der Waals surface area contributed by atoms with E-state index in [1.165, 1.54) is 6.07 Å². The monoisotopic (exact) mass is 440 g/mol. The van der Waals surface area contributed by atoms with E-state index in [0.29, 0.717) is 27.6 Å².